The van der Waals surface area contributed by atoms with Gasteiger partial charge in [0.05, 0.1) is 6.42 Å². The molecule has 2 rings (SSSR count). The summed E-state index contributed by atoms with van der Waals surface area (Å²) in [5.41, 5.74) is 8.90. The van der Waals surface area contributed by atoms with E-state index in [9.17, 15) is 4.79 Å². The Kier molecular flexibility index (Phi) is 3.69. The second kappa shape index (κ2) is 5.07. The van der Waals surface area contributed by atoms with Crippen molar-refractivity contribution in [3.63, 3.8) is 0 Å². The summed E-state index contributed by atoms with van der Waals surface area (Å²) in [6.45, 7) is 2.14. The Labute approximate surface area is 106 Å². The first-order valence-corrected chi connectivity index (χ1v) is 6.37. The standard InChI is InChI=1S/C13H17ClN2O/c1-2-3-4-11(15)9-5-8-6-13(17)16-12(8)7-10(9)14/h5,7,11H,2-4,6,15H2,1H3,(H,16,17). The topological polar surface area (TPSA) is 55.1 Å². The molecule has 92 valence electrons. The molecule has 0 aromatic heterocycles. The van der Waals surface area contributed by atoms with E-state index in [2.05, 4.69) is 12.2 Å². The molecule has 1 amide bonds. The highest BCUT2D eigenvalue weighted by Crippen LogP contribution is 2.33. The van der Waals surface area contributed by atoms with E-state index in [1.54, 1.807) is 0 Å². The molecule has 1 aliphatic rings. The molecule has 1 unspecified atom stereocenters. The largest absolute Gasteiger partial charge is 0.325 e. The first kappa shape index (κ1) is 12.4. The number of fused-ring (bicyclic) bond motifs is 1. The second-order valence-electron chi connectivity index (χ2n) is 4.50. The van der Waals surface area contributed by atoms with E-state index in [1.165, 1.54) is 0 Å². The number of amides is 1. The van der Waals surface area contributed by atoms with E-state index in [0.29, 0.717) is 11.4 Å². The summed E-state index contributed by atoms with van der Waals surface area (Å²) >= 11 is 6.20. The van der Waals surface area contributed by atoms with E-state index in [1.807, 2.05) is 12.1 Å². The van der Waals surface area contributed by atoms with Gasteiger partial charge in [0.25, 0.3) is 0 Å². The van der Waals surface area contributed by atoms with Crippen molar-refractivity contribution in [3.05, 3.63) is 28.3 Å². The van der Waals surface area contributed by atoms with Crippen molar-refractivity contribution < 1.29 is 4.79 Å². The van der Waals surface area contributed by atoms with E-state index in [0.717, 1.165) is 36.1 Å². The van der Waals surface area contributed by atoms with Gasteiger partial charge < -0.3 is 11.1 Å². The highest BCUT2D eigenvalue weighted by molar-refractivity contribution is 6.32. The molecule has 3 nitrogen and oxygen atoms in total. The number of rotatable bonds is 4. The van der Waals surface area contributed by atoms with Gasteiger partial charge in [-0.15, -0.1) is 0 Å². The van der Waals surface area contributed by atoms with Gasteiger partial charge in [-0.25, -0.2) is 0 Å². The number of nitrogens with two attached hydrogens (primary N) is 1. The number of benzene rings is 1. The van der Waals surface area contributed by atoms with Crippen molar-refractivity contribution in [3.8, 4) is 0 Å². The minimum Gasteiger partial charge on any atom is -0.325 e. The Morgan fingerprint density at radius 2 is 2.29 bits per heavy atom. The molecule has 0 saturated heterocycles. The Bertz CT molecular complexity index is 445. The highest BCUT2D eigenvalue weighted by Gasteiger charge is 2.21. The quantitative estimate of drug-likeness (QED) is 0.866. The highest BCUT2D eigenvalue weighted by atomic mass is 35.5. The van der Waals surface area contributed by atoms with E-state index in [4.69, 9.17) is 17.3 Å². The van der Waals surface area contributed by atoms with Crippen LogP contribution in [0.5, 0.6) is 0 Å². The molecule has 17 heavy (non-hydrogen) atoms. The first-order valence-electron chi connectivity index (χ1n) is 5.99. The summed E-state index contributed by atoms with van der Waals surface area (Å²) in [4.78, 5) is 11.3. The smallest absolute Gasteiger partial charge is 0.228 e. The number of carbonyl (C=O) groups excluding carboxylic acids is 1. The van der Waals surface area contributed by atoms with Crippen LogP contribution in [0.4, 0.5) is 5.69 Å². The lowest BCUT2D eigenvalue weighted by molar-refractivity contribution is -0.115. The van der Waals surface area contributed by atoms with Gasteiger partial charge in [-0.05, 0) is 23.6 Å². The zero-order chi connectivity index (χ0) is 12.4. The molecular weight excluding hydrogens is 236 g/mol. The number of anilines is 1. The first-order chi connectivity index (χ1) is 8.11. The molecule has 1 heterocycles. The predicted octanol–water partition coefficient (Wildman–Crippen LogP) is 3.02. The molecule has 1 aliphatic heterocycles. The summed E-state index contributed by atoms with van der Waals surface area (Å²) in [5.74, 6) is 0.0235. The minimum absolute atomic E-state index is 0.0235. The number of halogens is 1. The van der Waals surface area contributed by atoms with Gasteiger partial charge in [0.1, 0.15) is 0 Å². The molecule has 0 radical (unpaired) electrons. The maximum absolute atomic E-state index is 11.3. The number of hydrogen-bond acceptors (Lipinski definition) is 2. The van der Waals surface area contributed by atoms with Crippen LogP contribution in [-0.4, -0.2) is 5.91 Å². The third kappa shape index (κ3) is 2.61. The van der Waals surface area contributed by atoms with Gasteiger partial charge in [-0.2, -0.15) is 0 Å². The SMILES string of the molecule is CCCCC(N)c1cc2c(cc1Cl)NC(=O)C2. The molecule has 0 bridgehead atoms. The molecule has 1 atom stereocenters. The Morgan fingerprint density at radius 1 is 1.53 bits per heavy atom. The lowest BCUT2D eigenvalue weighted by Crippen LogP contribution is -2.11. The van der Waals surface area contributed by atoms with Crippen LogP contribution in [0.1, 0.15) is 43.4 Å². The number of nitrogens with one attached hydrogen (secondary N) is 1. The summed E-state index contributed by atoms with van der Waals surface area (Å²) in [6, 6.07) is 3.74. The van der Waals surface area contributed by atoms with E-state index < -0.39 is 0 Å². The minimum atomic E-state index is -0.0385. The van der Waals surface area contributed by atoms with Crippen molar-refractivity contribution in [1.82, 2.24) is 0 Å². The average Bonchev–Trinajstić information content (AvgIpc) is 2.64. The molecule has 3 N–H and O–H groups in total. The summed E-state index contributed by atoms with van der Waals surface area (Å²) in [6.07, 6.45) is 3.57. The van der Waals surface area contributed by atoms with Crippen molar-refractivity contribution >= 4 is 23.2 Å². The van der Waals surface area contributed by atoms with Gasteiger partial charge in [0.2, 0.25) is 5.91 Å². The Morgan fingerprint density at radius 3 is 3.00 bits per heavy atom. The van der Waals surface area contributed by atoms with Gasteiger partial charge in [-0.1, -0.05) is 37.4 Å². The van der Waals surface area contributed by atoms with Crippen LogP contribution in [0, 0.1) is 0 Å². The summed E-state index contributed by atoms with van der Waals surface area (Å²) in [5, 5.41) is 3.43. The van der Waals surface area contributed by atoms with E-state index in [-0.39, 0.29) is 11.9 Å². The maximum atomic E-state index is 11.3. The van der Waals surface area contributed by atoms with Crippen LogP contribution < -0.4 is 11.1 Å². The fourth-order valence-electron chi connectivity index (χ4n) is 2.13. The Hall–Kier alpha value is -1.06. The summed E-state index contributed by atoms with van der Waals surface area (Å²) in [7, 11) is 0. The van der Waals surface area contributed by atoms with E-state index >= 15 is 0 Å². The molecule has 0 saturated carbocycles. The van der Waals surface area contributed by atoms with Crippen LogP contribution in [0.25, 0.3) is 0 Å². The maximum Gasteiger partial charge on any atom is 0.228 e. The van der Waals surface area contributed by atoms with Crippen LogP contribution >= 0.6 is 11.6 Å². The molecule has 0 aliphatic carbocycles. The van der Waals surface area contributed by atoms with Gasteiger partial charge in [0.15, 0.2) is 0 Å². The molecule has 1 aromatic rings. The molecule has 1 aromatic carbocycles. The third-order valence-corrected chi connectivity index (χ3v) is 3.44. The lowest BCUT2D eigenvalue weighted by atomic mass is 9.99. The Balaban J connectivity index is 2.24. The normalized spacial score (nSPS) is 15.6. The monoisotopic (exact) mass is 252 g/mol. The zero-order valence-electron chi connectivity index (χ0n) is 9.92. The van der Waals surface area contributed by atoms with Gasteiger partial charge in [-0.3, -0.25) is 4.79 Å². The number of carbonyl (C=O) groups is 1. The molecular formula is C13H17ClN2O. The van der Waals surface area contributed by atoms with Crippen molar-refractivity contribution in [1.29, 1.82) is 0 Å². The third-order valence-electron chi connectivity index (χ3n) is 3.12. The fraction of sp³-hybridized carbons (Fsp3) is 0.462. The molecule has 0 fully saturated rings. The lowest BCUT2D eigenvalue weighted by Gasteiger charge is -2.14. The van der Waals surface area contributed by atoms with Crippen molar-refractivity contribution in [2.24, 2.45) is 5.73 Å². The summed E-state index contributed by atoms with van der Waals surface area (Å²) < 4.78 is 0. The van der Waals surface area contributed by atoms with Crippen molar-refractivity contribution in [2.75, 3.05) is 5.32 Å². The fourth-order valence-corrected chi connectivity index (χ4v) is 2.43. The van der Waals surface area contributed by atoms with Gasteiger partial charge >= 0.3 is 0 Å². The van der Waals surface area contributed by atoms with Crippen molar-refractivity contribution in [2.45, 2.75) is 38.6 Å². The van der Waals surface area contributed by atoms with Crippen LogP contribution in [0.2, 0.25) is 5.02 Å². The van der Waals surface area contributed by atoms with Crippen LogP contribution in [0.3, 0.4) is 0 Å². The number of hydrogen-bond donors (Lipinski definition) is 2. The number of unbranched alkanes of at least 4 members (excludes halogenated alkanes) is 1. The molecule has 4 heteroatoms. The predicted molar refractivity (Wildman–Crippen MR) is 70.2 cm³/mol. The van der Waals surface area contributed by atoms with Crippen LogP contribution in [-0.2, 0) is 11.2 Å². The second-order valence-corrected chi connectivity index (χ2v) is 4.91. The molecule has 0 spiro atoms. The zero-order valence-corrected chi connectivity index (χ0v) is 10.7. The van der Waals surface area contributed by atoms with Gasteiger partial charge in [0, 0.05) is 16.8 Å². The average molecular weight is 253 g/mol. The van der Waals surface area contributed by atoms with Crippen LogP contribution in [0.15, 0.2) is 12.1 Å².